The summed E-state index contributed by atoms with van der Waals surface area (Å²) >= 11 is 0. The van der Waals surface area contributed by atoms with Crippen molar-refractivity contribution in [1.82, 2.24) is 0 Å². The van der Waals surface area contributed by atoms with E-state index in [9.17, 15) is 13.7 Å². The van der Waals surface area contributed by atoms with Crippen molar-refractivity contribution in [1.29, 1.82) is 0 Å². The summed E-state index contributed by atoms with van der Waals surface area (Å²) in [4.78, 5) is 17.7. The van der Waals surface area contributed by atoms with Crippen LogP contribution in [0.4, 0.5) is 0 Å². The summed E-state index contributed by atoms with van der Waals surface area (Å²) in [6, 6.07) is 0. The Hall–Kier alpha value is 0.410. The zero-order valence-electron chi connectivity index (χ0n) is 8.50. The van der Waals surface area contributed by atoms with Crippen molar-refractivity contribution >= 4 is 23.5 Å². The molecule has 0 rings (SSSR count). The van der Waals surface area contributed by atoms with E-state index in [1.807, 2.05) is 0 Å². The summed E-state index contributed by atoms with van der Waals surface area (Å²) in [5.74, 6) is 0. The van der Waals surface area contributed by atoms with Gasteiger partial charge in [-0.3, -0.25) is 13.6 Å². The summed E-state index contributed by atoms with van der Waals surface area (Å²) in [5, 5.41) is 0. The van der Waals surface area contributed by atoms with Gasteiger partial charge in [0.2, 0.25) is 0 Å². The molecular formula is C3H11O10P3. The van der Waals surface area contributed by atoms with Crippen LogP contribution < -0.4 is 0 Å². The SMILES string of the molecule is COP(=O)(O)OP(=O)(O)OP(=O)(OC)OC. The molecule has 0 heterocycles. The average Bonchev–Trinajstić information content (AvgIpc) is 2.15. The first kappa shape index (κ1) is 16.4. The Kier molecular flexibility index (Phi) is 5.99. The molecule has 0 amide bonds. The van der Waals surface area contributed by atoms with Crippen LogP contribution in [0.2, 0.25) is 0 Å². The molecule has 0 aromatic rings. The molecule has 16 heavy (non-hydrogen) atoms. The highest BCUT2D eigenvalue weighted by molar-refractivity contribution is 7.67. The maximum Gasteiger partial charge on any atom is 0.490 e. The summed E-state index contributed by atoms with van der Waals surface area (Å²) in [5.41, 5.74) is 0. The van der Waals surface area contributed by atoms with Crippen molar-refractivity contribution in [2.45, 2.75) is 0 Å². The standard InChI is InChI=1S/C3H11O10P3/c1-9-14(4,5)12-15(6,7)13-16(8,10-2)11-3/h1-3H3,(H,4,5)(H,6,7). The molecule has 98 valence electrons. The van der Waals surface area contributed by atoms with Crippen LogP contribution in [-0.4, -0.2) is 31.1 Å². The Morgan fingerprint density at radius 3 is 1.50 bits per heavy atom. The minimum absolute atomic E-state index is 0.757. The third kappa shape index (κ3) is 5.65. The van der Waals surface area contributed by atoms with E-state index in [2.05, 4.69) is 22.2 Å². The maximum absolute atomic E-state index is 11.2. The molecule has 2 unspecified atom stereocenters. The molecule has 0 aliphatic rings. The van der Waals surface area contributed by atoms with Gasteiger partial charge in [-0.2, -0.15) is 8.62 Å². The molecule has 0 fully saturated rings. The minimum Gasteiger partial charge on any atom is -0.302 e. The van der Waals surface area contributed by atoms with E-state index < -0.39 is 23.5 Å². The Bertz CT molecular complexity index is 354. The van der Waals surface area contributed by atoms with Crippen LogP contribution in [0, 0.1) is 0 Å². The second-order valence-electron chi connectivity index (χ2n) is 2.10. The van der Waals surface area contributed by atoms with Gasteiger partial charge >= 0.3 is 23.5 Å². The second-order valence-corrected chi connectivity index (χ2v) is 7.27. The van der Waals surface area contributed by atoms with Gasteiger partial charge in [-0.15, -0.1) is 0 Å². The van der Waals surface area contributed by atoms with Gasteiger partial charge in [0.25, 0.3) is 0 Å². The lowest BCUT2D eigenvalue weighted by Gasteiger charge is -2.17. The average molecular weight is 300 g/mol. The molecule has 2 atom stereocenters. The Labute approximate surface area is 91.3 Å². The van der Waals surface area contributed by atoms with Crippen molar-refractivity contribution in [2.75, 3.05) is 21.3 Å². The quantitative estimate of drug-likeness (QED) is 0.660. The van der Waals surface area contributed by atoms with Gasteiger partial charge in [-0.05, 0) is 0 Å². The van der Waals surface area contributed by atoms with Crippen molar-refractivity contribution in [3.8, 4) is 0 Å². The van der Waals surface area contributed by atoms with Crippen molar-refractivity contribution in [2.24, 2.45) is 0 Å². The predicted molar refractivity (Wildman–Crippen MR) is 50.5 cm³/mol. The summed E-state index contributed by atoms with van der Waals surface area (Å²) in [7, 11) is -11.7. The summed E-state index contributed by atoms with van der Waals surface area (Å²) < 4.78 is 53.0. The van der Waals surface area contributed by atoms with E-state index in [0.717, 1.165) is 21.3 Å². The lowest BCUT2D eigenvalue weighted by Crippen LogP contribution is -1.97. The molecule has 0 radical (unpaired) electrons. The number of phosphoric acid groups is 3. The van der Waals surface area contributed by atoms with Gasteiger partial charge in [0.15, 0.2) is 0 Å². The third-order valence-electron chi connectivity index (χ3n) is 1.09. The van der Waals surface area contributed by atoms with E-state index in [0.29, 0.717) is 0 Å². The number of hydrogen-bond donors (Lipinski definition) is 2. The van der Waals surface area contributed by atoms with Crippen molar-refractivity contribution in [3.05, 3.63) is 0 Å². The van der Waals surface area contributed by atoms with Gasteiger partial charge < -0.3 is 9.79 Å². The fraction of sp³-hybridized carbons (Fsp3) is 1.00. The van der Waals surface area contributed by atoms with Gasteiger partial charge in [-0.1, -0.05) is 0 Å². The lowest BCUT2D eigenvalue weighted by atomic mass is 11.8. The summed E-state index contributed by atoms with van der Waals surface area (Å²) in [6.07, 6.45) is 0. The molecule has 0 saturated heterocycles. The molecule has 13 heteroatoms. The zero-order valence-corrected chi connectivity index (χ0v) is 11.2. The zero-order chi connectivity index (χ0) is 13.0. The minimum atomic E-state index is -5.14. The highest BCUT2D eigenvalue weighted by Crippen LogP contribution is 2.68. The van der Waals surface area contributed by atoms with Gasteiger partial charge in [-0.25, -0.2) is 13.7 Å². The number of phosphoric ester groups is 2. The van der Waals surface area contributed by atoms with E-state index in [1.165, 1.54) is 0 Å². The van der Waals surface area contributed by atoms with Crippen LogP contribution >= 0.6 is 23.5 Å². The van der Waals surface area contributed by atoms with Crippen LogP contribution in [0.1, 0.15) is 0 Å². The Morgan fingerprint density at radius 2 is 1.19 bits per heavy atom. The van der Waals surface area contributed by atoms with Crippen LogP contribution in [0.25, 0.3) is 0 Å². The molecule has 2 N–H and O–H groups in total. The maximum atomic E-state index is 11.2. The molecular weight excluding hydrogens is 289 g/mol. The largest absolute Gasteiger partial charge is 0.490 e. The molecule has 10 nitrogen and oxygen atoms in total. The normalized spacial score (nSPS) is 20.1. The van der Waals surface area contributed by atoms with Crippen LogP contribution in [-0.2, 0) is 35.9 Å². The van der Waals surface area contributed by atoms with Crippen LogP contribution in [0.5, 0.6) is 0 Å². The lowest BCUT2D eigenvalue weighted by molar-refractivity contribution is 0.169. The molecule has 0 saturated carbocycles. The predicted octanol–water partition coefficient (Wildman–Crippen LogP) is 1.27. The van der Waals surface area contributed by atoms with Gasteiger partial charge in [0.05, 0.1) is 0 Å². The molecule has 0 bridgehead atoms. The molecule has 0 aromatic heterocycles. The highest BCUT2D eigenvalue weighted by Gasteiger charge is 2.42. The van der Waals surface area contributed by atoms with E-state index in [1.54, 1.807) is 0 Å². The number of hydrogen-bond acceptors (Lipinski definition) is 8. The first-order chi connectivity index (χ1) is 7.10. The second kappa shape index (κ2) is 5.84. The van der Waals surface area contributed by atoms with Crippen LogP contribution in [0.15, 0.2) is 0 Å². The summed E-state index contributed by atoms with van der Waals surface area (Å²) in [6.45, 7) is 0. The van der Waals surface area contributed by atoms with Gasteiger partial charge in [0.1, 0.15) is 0 Å². The first-order valence-corrected chi connectivity index (χ1v) is 7.90. The molecule has 0 aromatic carbocycles. The van der Waals surface area contributed by atoms with Gasteiger partial charge in [0, 0.05) is 21.3 Å². The molecule has 0 spiro atoms. The third-order valence-corrected chi connectivity index (χ3v) is 5.72. The van der Waals surface area contributed by atoms with E-state index in [-0.39, 0.29) is 0 Å². The molecule has 0 aliphatic carbocycles. The molecule has 0 aliphatic heterocycles. The Morgan fingerprint density at radius 1 is 0.750 bits per heavy atom. The first-order valence-electron chi connectivity index (χ1n) is 3.45. The van der Waals surface area contributed by atoms with Crippen molar-refractivity contribution < 1.29 is 45.7 Å². The van der Waals surface area contributed by atoms with E-state index in [4.69, 9.17) is 9.79 Å². The van der Waals surface area contributed by atoms with E-state index >= 15 is 0 Å². The van der Waals surface area contributed by atoms with Crippen LogP contribution in [0.3, 0.4) is 0 Å². The topological polar surface area (TPSA) is 138 Å². The van der Waals surface area contributed by atoms with Crippen molar-refractivity contribution in [3.63, 3.8) is 0 Å². The number of rotatable bonds is 7. The monoisotopic (exact) mass is 300 g/mol. The smallest absolute Gasteiger partial charge is 0.302 e. The highest BCUT2D eigenvalue weighted by atomic mass is 31.3. The Balaban J connectivity index is 4.78. The fourth-order valence-electron chi connectivity index (χ4n) is 0.446. The fourth-order valence-corrected chi connectivity index (χ4v) is 3.84.